The molecule has 0 unspecified atom stereocenters. The molecule has 0 radical (unpaired) electrons. The quantitative estimate of drug-likeness (QED) is 0.757. The number of aromatic hydroxyl groups is 1. The van der Waals surface area contributed by atoms with Gasteiger partial charge >= 0.3 is 0 Å². The molecule has 0 aliphatic carbocycles. The highest BCUT2D eigenvalue weighted by molar-refractivity contribution is 5.39. The van der Waals surface area contributed by atoms with Crippen LogP contribution >= 0.6 is 0 Å². The van der Waals surface area contributed by atoms with Gasteiger partial charge in [-0.1, -0.05) is 23.4 Å². The summed E-state index contributed by atoms with van der Waals surface area (Å²) in [6.07, 6.45) is 3.48. The van der Waals surface area contributed by atoms with Gasteiger partial charge in [0.05, 0.1) is 12.7 Å². The SMILES string of the molecule is Cc1cccc(CNCCn2ccnn2)c1O. The molecule has 0 fully saturated rings. The molecule has 0 amide bonds. The summed E-state index contributed by atoms with van der Waals surface area (Å²) in [5, 5.41) is 20.7. The van der Waals surface area contributed by atoms with Crippen LogP contribution in [-0.4, -0.2) is 26.6 Å². The van der Waals surface area contributed by atoms with E-state index in [-0.39, 0.29) is 0 Å². The number of hydrogen-bond acceptors (Lipinski definition) is 4. The van der Waals surface area contributed by atoms with Gasteiger partial charge in [-0.2, -0.15) is 0 Å². The van der Waals surface area contributed by atoms with Gasteiger partial charge in [0.15, 0.2) is 0 Å². The van der Waals surface area contributed by atoms with Crippen molar-refractivity contribution < 1.29 is 5.11 Å². The predicted octanol–water partition coefficient (Wildman–Crippen LogP) is 1.08. The van der Waals surface area contributed by atoms with Crippen LogP contribution in [0.15, 0.2) is 30.6 Å². The summed E-state index contributed by atoms with van der Waals surface area (Å²) in [6, 6.07) is 5.77. The van der Waals surface area contributed by atoms with Crippen molar-refractivity contribution in [1.29, 1.82) is 0 Å². The summed E-state index contributed by atoms with van der Waals surface area (Å²) in [4.78, 5) is 0. The van der Waals surface area contributed by atoms with E-state index in [2.05, 4.69) is 15.6 Å². The summed E-state index contributed by atoms with van der Waals surface area (Å²) >= 11 is 0. The molecule has 90 valence electrons. The second kappa shape index (κ2) is 5.45. The molecule has 0 aliphatic rings. The number of hydrogen-bond donors (Lipinski definition) is 2. The van der Waals surface area contributed by atoms with Crippen LogP contribution in [0.25, 0.3) is 0 Å². The zero-order valence-corrected chi connectivity index (χ0v) is 9.80. The zero-order valence-electron chi connectivity index (χ0n) is 9.80. The summed E-state index contributed by atoms with van der Waals surface area (Å²) < 4.78 is 1.77. The first-order chi connectivity index (χ1) is 8.27. The van der Waals surface area contributed by atoms with Crippen LogP contribution < -0.4 is 5.32 Å². The normalized spacial score (nSPS) is 10.6. The molecule has 0 saturated carbocycles. The summed E-state index contributed by atoms with van der Waals surface area (Å²) in [7, 11) is 0. The molecule has 2 N–H and O–H groups in total. The van der Waals surface area contributed by atoms with E-state index in [1.165, 1.54) is 0 Å². The van der Waals surface area contributed by atoms with Gasteiger partial charge in [-0.15, -0.1) is 5.10 Å². The van der Waals surface area contributed by atoms with Crippen molar-refractivity contribution in [3.63, 3.8) is 0 Å². The Morgan fingerprint density at radius 2 is 2.29 bits per heavy atom. The molecular weight excluding hydrogens is 216 g/mol. The largest absolute Gasteiger partial charge is 0.507 e. The van der Waals surface area contributed by atoms with Crippen molar-refractivity contribution in [2.24, 2.45) is 0 Å². The maximum Gasteiger partial charge on any atom is 0.122 e. The lowest BCUT2D eigenvalue weighted by atomic mass is 10.1. The number of para-hydroxylation sites is 1. The van der Waals surface area contributed by atoms with E-state index < -0.39 is 0 Å². The van der Waals surface area contributed by atoms with Crippen molar-refractivity contribution >= 4 is 0 Å². The van der Waals surface area contributed by atoms with Gasteiger partial charge in [0, 0.05) is 24.8 Å². The van der Waals surface area contributed by atoms with Crippen LogP contribution in [0.1, 0.15) is 11.1 Å². The Morgan fingerprint density at radius 3 is 3.06 bits per heavy atom. The Balaban J connectivity index is 1.80. The third-order valence-corrected chi connectivity index (χ3v) is 2.63. The molecule has 0 spiro atoms. The van der Waals surface area contributed by atoms with Crippen LogP contribution in [0.4, 0.5) is 0 Å². The van der Waals surface area contributed by atoms with E-state index in [4.69, 9.17) is 0 Å². The number of aryl methyl sites for hydroxylation is 1. The van der Waals surface area contributed by atoms with E-state index in [9.17, 15) is 5.11 Å². The summed E-state index contributed by atoms with van der Waals surface area (Å²) in [5.41, 5.74) is 1.82. The Morgan fingerprint density at radius 1 is 1.41 bits per heavy atom. The number of nitrogens with zero attached hydrogens (tertiary/aromatic N) is 3. The third-order valence-electron chi connectivity index (χ3n) is 2.63. The van der Waals surface area contributed by atoms with Gasteiger partial charge in [-0.25, -0.2) is 0 Å². The molecule has 1 aromatic heterocycles. The molecule has 0 atom stereocenters. The van der Waals surface area contributed by atoms with E-state index >= 15 is 0 Å². The standard InChI is InChI=1S/C12H16N4O/c1-10-3-2-4-11(12(10)17)9-13-5-7-16-8-6-14-15-16/h2-4,6,8,13,17H,5,7,9H2,1H3. The van der Waals surface area contributed by atoms with Crippen LogP contribution in [0, 0.1) is 6.92 Å². The molecule has 5 nitrogen and oxygen atoms in total. The highest BCUT2D eigenvalue weighted by Crippen LogP contribution is 2.20. The average Bonchev–Trinajstić information content (AvgIpc) is 2.83. The minimum atomic E-state index is 0.376. The molecule has 0 aliphatic heterocycles. The first kappa shape index (κ1) is 11.6. The van der Waals surface area contributed by atoms with E-state index in [1.54, 1.807) is 10.9 Å². The van der Waals surface area contributed by atoms with Gasteiger partial charge in [-0.05, 0) is 12.5 Å². The zero-order chi connectivity index (χ0) is 12.1. The van der Waals surface area contributed by atoms with Crippen LogP contribution in [0.5, 0.6) is 5.75 Å². The van der Waals surface area contributed by atoms with Gasteiger partial charge in [-0.3, -0.25) is 4.68 Å². The molecule has 0 bridgehead atoms. The second-order valence-corrected chi connectivity index (χ2v) is 3.93. The van der Waals surface area contributed by atoms with Crippen molar-refractivity contribution in [2.45, 2.75) is 20.0 Å². The number of nitrogens with one attached hydrogen (secondary N) is 1. The number of rotatable bonds is 5. The highest BCUT2D eigenvalue weighted by atomic mass is 16.3. The van der Waals surface area contributed by atoms with Gasteiger partial charge in [0.25, 0.3) is 0 Å². The fourth-order valence-electron chi connectivity index (χ4n) is 1.63. The molecule has 5 heteroatoms. The summed E-state index contributed by atoms with van der Waals surface area (Å²) in [6.45, 7) is 4.11. The Labute approximate surface area is 100 Å². The lowest BCUT2D eigenvalue weighted by Gasteiger charge is -2.08. The molecule has 1 aromatic carbocycles. The lowest BCUT2D eigenvalue weighted by Crippen LogP contribution is -2.20. The second-order valence-electron chi connectivity index (χ2n) is 3.93. The van der Waals surface area contributed by atoms with Crippen LogP contribution in [0.2, 0.25) is 0 Å². The van der Waals surface area contributed by atoms with Crippen molar-refractivity contribution in [3.05, 3.63) is 41.7 Å². The average molecular weight is 232 g/mol. The first-order valence-electron chi connectivity index (χ1n) is 5.59. The van der Waals surface area contributed by atoms with Gasteiger partial charge < -0.3 is 10.4 Å². The first-order valence-corrected chi connectivity index (χ1v) is 5.59. The maximum atomic E-state index is 9.81. The smallest absolute Gasteiger partial charge is 0.122 e. The molecule has 2 rings (SSSR count). The minimum Gasteiger partial charge on any atom is -0.507 e. The lowest BCUT2D eigenvalue weighted by molar-refractivity contribution is 0.458. The van der Waals surface area contributed by atoms with E-state index in [0.29, 0.717) is 12.3 Å². The third kappa shape index (κ3) is 3.04. The van der Waals surface area contributed by atoms with Crippen molar-refractivity contribution in [1.82, 2.24) is 20.3 Å². The van der Waals surface area contributed by atoms with Crippen LogP contribution in [0.3, 0.4) is 0 Å². The summed E-state index contributed by atoms with van der Waals surface area (Å²) in [5.74, 6) is 0.376. The fourth-order valence-corrected chi connectivity index (χ4v) is 1.63. The number of benzene rings is 1. The predicted molar refractivity (Wildman–Crippen MR) is 64.6 cm³/mol. The van der Waals surface area contributed by atoms with Crippen molar-refractivity contribution in [3.8, 4) is 5.75 Å². The topological polar surface area (TPSA) is 63.0 Å². The minimum absolute atomic E-state index is 0.376. The van der Waals surface area contributed by atoms with Crippen LogP contribution in [-0.2, 0) is 13.1 Å². The Kier molecular flexibility index (Phi) is 3.72. The fraction of sp³-hybridized carbons (Fsp3) is 0.333. The molecule has 2 aromatic rings. The maximum absolute atomic E-state index is 9.81. The monoisotopic (exact) mass is 232 g/mol. The number of phenols is 1. The molecular formula is C12H16N4O. The van der Waals surface area contributed by atoms with Crippen molar-refractivity contribution in [2.75, 3.05) is 6.54 Å². The number of phenolic OH excluding ortho intramolecular Hbond substituents is 1. The molecule has 0 saturated heterocycles. The highest BCUT2D eigenvalue weighted by Gasteiger charge is 2.02. The number of aromatic nitrogens is 3. The molecule has 17 heavy (non-hydrogen) atoms. The van der Waals surface area contributed by atoms with Gasteiger partial charge in [0.2, 0.25) is 0 Å². The molecule has 1 heterocycles. The Hall–Kier alpha value is -1.88. The van der Waals surface area contributed by atoms with E-state index in [0.717, 1.165) is 24.2 Å². The Bertz CT molecular complexity index is 467. The van der Waals surface area contributed by atoms with Gasteiger partial charge in [0.1, 0.15) is 5.75 Å². The van der Waals surface area contributed by atoms with E-state index in [1.807, 2.05) is 31.3 Å².